The normalized spacial score (nSPS) is 8.74. The molecule has 2 heterocycles. The second-order valence-electron chi connectivity index (χ2n) is 3.87. The molecule has 19 heavy (non-hydrogen) atoms. The molecule has 102 valence electrons. The lowest BCUT2D eigenvalue weighted by molar-refractivity contribution is 1.26. The summed E-state index contributed by atoms with van der Waals surface area (Å²) in [6.07, 6.45) is 0. The molecular formula is C17H23NS. The molecule has 0 spiro atoms. The van der Waals surface area contributed by atoms with Crippen LogP contribution in [0, 0.1) is 13.8 Å². The van der Waals surface area contributed by atoms with Crippen molar-refractivity contribution in [3.05, 3.63) is 64.5 Å². The predicted molar refractivity (Wildman–Crippen MR) is 89.0 cm³/mol. The summed E-state index contributed by atoms with van der Waals surface area (Å²) in [5.74, 6) is 0. The van der Waals surface area contributed by atoms with Crippen molar-refractivity contribution in [1.82, 2.24) is 4.98 Å². The van der Waals surface area contributed by atoms with Gasteiger partial charge in [0.05, 0.1) is 5.52 Å². The largest absolute Gasteiger partial charge is 0.253 e. The van der Waals surface area contributed by atoms with Crippen LogP contribution in [0.1, 0.15) is 25.4 Å². The quantitative estimate of drug-likeness (QED) is 0.499. The number of benzene rings is 1. The van der Waals surface area contributed by atoms with E-state index in [1.807, 2.05) is 31.2 Å². The molecule has 0 radical (unpaired) electrons. The van der Waals surface area contributed by atoms with Gasteiger partial charge in [-0.1, -0.05) is 45.2 Å². The van der Waals surface area contributed by atoms with Crippen LogP contribution in [0.2, 0.25) is 0 Å². The monoisotopic (exact) mass is 273 g/mol. The van der Waals surface area contributed by atoms with Gasteiger partial charge >= 0.3 is 0 Å². The van der Waals surface area contributed by atoms with Gasteiger partial charge in [0.15, 0.2) is 0 Å². The van der Waals surface area contributed by atoms with Gasteiger partial charge in [0.25, 0.3) is 0 Å². The maximum absolute atomic E-state index is 4.38. The Morgan fingerprint density at radius 1 is 0.842 bits per heavy atom. The van der Waals surface area contributed by atoms with E-state index < -0.39 is 0 Å². The summed E-state index contributed by atoms with van der Waals surface area (Å²) >= 11 is 1.78. The number of aryl methyl sites for hydroxylation is 2. The number of rotatable bonds is 0. The van der Waals surface area contributed by atoms with E-state index >= 15 is 0 Å². The topological polar surface area (TPSA) is 12.9 Å². The van der Waals surface area contributed by atoms with Gasteiger partial charge in [0.1, 0.15) is 0 Å². The summed E-state index contributed by atoms with van der Waals surface area (Å²) in [6.45, 7) is 4.11. The molecule has 3 rings (SSSR count). The van der Waals surface area contributed by atoms with Gasteiger partial charge in [-0.25, -0.2) is 0 Å². The van der Waals surface area contributed by atoms with Crippen molar-refractivity contribution in [3.63, 3.8) is 0 Å². The predicted octanol–water partition coefficient (Wildman–Crippen LogP) is 5.87. The Morgan fingerprint density at radius 3 is 2.16 bits per heavy atom. The van der Waals surface area contributed by atoms with Crippen molar-refractivity contribution in [1.29, 1.82) is 0 Å². The molecule has 3 aromatic rings. The van der Waals surface area contributed by atoms with Crippen molar-refractivity contribution in [2.75, 3.05) is 0 Å². The fraction of sp³-hybridized carbons (Fsp3) is 0.235. The average molecular weight is 273 g/mol. The summed E-state index contributed by atoms with van der Waals surface area (Å²) in [7, 11) is 0. The number of fused-ring (bicyclic) bond motifs is 1. The van der Waals surface area contributed by atoms with Crippen LogP contribution in [0.15, 0.2) is 53.9 Å². The first-order valence-corrected chi connectivity index (χ1v) is 6.46. The highest BCUT2D eigenvalue weighted by Crippen LogP contribution is 2.10. The highest BCUT2D eigenvalue weighted by atomic mass is 32.1. The summed E-state index contributed by atoms with van der Waals surface area (Å²) in [6, 6.07) is 16.4. The zero-order valence-electron chi connectivity index (χ0n) is 10.1. The molecule has 0 saturated carbocycles. The van der Waals surface area contributed by atoms with E-state index in [4.69, 9.17) is 0 Å². The van der Waals surface area contributed by atoms with E-state index in [-0.39, 0.29) is 14.9 Å². The molecule has 2 heteroatoms. The van der Waals surface area contributed by atoms with Crippen LogP contribution in [0.3, 0.4) is 0 Å². The minimum absolute atomic E-state index is 0. The summed E-state index contributed by atoms with van der Waals surface area (Å²) in [4.78, 5) is 5.76. The molecule has 0 aliphatic rings. The molecule has 0 amide bonds. The van der Waals surface area contributed by atoms with Crippen molar-refractivity contribution < 1.29 is 0 Å². The number of nitrogens with zero attached hydrogens (tertiary/aromatic N) is 1. The first kappa shape index (κ1) is 17.3. The Bertz CT molecular complexity index is 585. The number of aromatic nitrogens is 1. The Balaban J connectivity index is 0.000000353. The highest BCUT2D eigenvalue weighted by molar-refractivity contribution is 7.09. The standard InChI is InChI=1S/C10H9N.C5H6S.2CH4/c1-8-6-7-9-4-2-3-5-10(9)11-8;1-5-3-2-4-6-5;;/h2-7H,1H3;2-4H,1H3;2*1H4. The molecule has 0 fully saturated rings. The Kier molecular flexibility index (Phi) is 7.69. The van der Waals surface area contributed by atoms with Crippen molar-refractivity contribution in [3.8, 4) is 0 Å². The van der Waals surface area contributed by atoms with Crippen LogP contribution in [-0.4, -0.2) is 4.98 Å². The minimum Gasteiger partial charge on any atom is -0.253 e. The van der Waals surface area contributed by atoms with Gasteiger partial charge in [-0.2, -0.15) is 0 Å². The average Bonchev–Trinajstić information content (AvgIpc) is 2.81. The molecule has 0 aliphatic carbocycles. The van der Waals surface area contributed by atoms with E-state index in [0.29, 0.717) is 0 Å². The van der Waals surface area contributed by atoms with Crippen molar-refractivity contribution in [2.24, 2.45) is 0 Å². The van der Waals surface area contributed by atoms with Crippen LogP contribution in [0.5, 0.6) is 0 Å². The zero-order valence-corrected chi connectivity index (χ0v) is 10.9. The van der Waals surface area contributed by atoms with Crippen LogP contribution >= 0.6 is 11.3 Å². The first-order valence-electron chi connectivity index (χ1n) is 5.58. The van der Waals surface area contributed by atoms with Gasteiger partial charge < -0.3 is 0 Å². The minimum atomic E-state index is 0. The van der Waals surface area contributed by atoms with Gasteiger partial charge in [0, 0.05) is 16.0 Å². The molecular weight excluding hydrogens is 250 g/mol. The third-order valence-corrected chi connectivity index (χ3v) is 3.20. The number of hydrogen-bond donors (Lipinski definition) is 0. The lowest BCUT2D eigenvalue weighted by Crippen LogP contribution is -1.80. The van der Waals surface area contributed by atoms with E-state index in [1.54, 1.807) is 11.3 Å². The van der Waals surface area contributed by atoms with Gasteiger partial charge in [0.2, 0.25) is 0 Å². The fourth-order valence-electron chi connectivity index (χ4n) is 1.53. The maximum Gasteiger partial charge on any atom is 0.0705 e. The lowest BCUT2D eigenvalue weighted by Gasteiger charge is -1.95. The van der Waals surface area contributed by atoms with Gasteiger partial charge in [-0.15, -0.1) is 11.3 Å². The SMILES string of the molecule is C.C.Cc1ccc2ccccc2n1.Cc1cccs1. The van der Waals surface area contributed by atoms with Crippen LogP contribution in [0.25, 0.3) is 10.9 Å². The number of thiophene rings is 1. The molecule has 2 aromatic heterocycles. The summed E-state index contributed by atoms with van der Waals surface area (Å²) in [5.41, 5.74) is 2.15. The zero-order chi connectivity index (χ0) is 12.1. The highest BCUT2D eigenvalue weighted by Gasteiger charge is 1.91. The smallest absolute Gasteiger partial charge is 0.0705 e. The lowest BCUT2D eigenvalue weighted by atomic mass is 10.2. The molecule has 1 nitrogen and oxygen atoms in total. The third kappa shape index (κ3) is 5.23. The third-order valence-electron chi connectivity index (χ3n) is 2.40. The van der Waals surface area contributed by atoms with Crippen LogP contribution < -0.4 is 0 Å². The Morgan fingerprint density at radius 2 is 1.58 bits per heavy atom. The van der Waals surface area contributed by atoms with E-state index in [1.165, 1.54) is 10.3 Å². The van der Waals surface area contributed by atoms with Crippen molar-refractivity contribution >= 4 is 22.2 Å². The van der Waals surface area contributed by atoms with Crippen LogP contribution in [0.4, 0.5) is 0 Å². The Hall–Kier alpha value is -1.67. The van der Waals surface area contributed by atoms with E-state index in [0.717, 1.165) is 11.2 Å². The number of hydrogen-bond acceptors (Lipinski definition) is 2. The number of pyridine rings is 1. The summed E-state index contributed by atoms with van der Waals surface area (Å²) in [5, 5.41) is 3.29. The Labute approximate surface area is 121 Å². The first-order chi connectivity index (χ1) is 8.25. The van der Waals surface area contributed by atoms with Crippen LogP contribution in [-0.2, 0) is 0 Å². The molecule has 0 bridgehead atoms. The molecule has 0 N–H and O–H groups in total. The maximum atomic E-state index is 4.38. The second-order valence-corrected chi connectivity index (χ2v) is 5.02. The van der Waals surface area contributed by atoms with E-state index in [2.05, 4.69) is 41.6 Å². The fourth-order valence-corrected chi connectivity index (χ4v) is 2.06. The summed E-state index contributed by atoms with van der Waals surface area (Å²) < 4.78 is 0. The number of para-hydroxylation sites is 1. The molecule has 0 saturated heterocycles. The van der Waals surface area contributed by atoms with E-state index in [9.17, 15) is 0 Å². The van der Waals surface area contributed by atoms with Crippen molar-refractivity contribution in [2.45, 2.75) is 28.7 Å². The van der Waals surface area contributed by atoms with Gasteiger partial charge in [-0.3, -0.25) is 4.98 Å². The van der Waals surface area contributed by atoms with Gasteiger partial charge in [-0.05, 0) is 37.4 Å². The molecule has 0 aliphatic heterocycles. The molecule has 0 atom stereocenters. The molecule has 0 unspecified atom stereocenters. The molecule has 1 aromatic carbocycles. The second kappa shape index (κ2) is 8.44.